The normalized spacial score (nSPS) is 9.67. The van der Waals surface area contributed by atoms with Gasteiger partial charge >= 0.3 is 6.03 Å². The Balaban J connectivity index is 2.48. The fourth-order valence-corrected chi connectivity index (χ4v) is 1.48. The Morgan fingerprint density at radius 3 is 2.22 bits per heavy atom. The molecule has 0 heterocycles. The second-order valence-corrected chi connectivity index (χ2v) is 3.94. The Bertz CT molecular complexity index is 418. The molecule has 0 aliphatic carbocycles. The van der Waals surface area contributed by atoms with Crippen LogP contribution in [-0.2, 0) is 17.9 Å². The van der Waals surface area contributed by atoms with Crippen molar-refractivity contribution in [1.82, 2.24) is 16.0 Å². The minimum atomic E-state index is -0.176. The van der Waals surface area contributed by atoms with E-state index in [1.807, 2.05) is 31.2 Å². The molecule has 0 aliphatic rings. The molecule has 0 saturated carbocycles. The van der Waals surface area contributed by atoms with Crippen molar-refractivity contribution < 1.29 is 9.59 Å². The van der Waals surface area contributed by atoms with E-state index in [4.69, 9.17) is 0 Å². The summed E-state index contributed by atoms with van der Waals surface area (Å²) in [7, 11) is 0. The van der Waals surface area contributed by atoms with Gasteiger partial charge in [0.1, 0.15) is 0 Å². The highest BCUT2D eigenvalue weighted by molar-refractivity contribution is 5.73. The van der Waals surface area contributed by atoms with Crippen molar-refractivity contribution in [3.8, 4) is 0 Å². The summed E-state index contributed by atoms with van der Waals surface area (Å²) in [4.78, 5) is 22.0. The molecule has 5 nitrogen and oxygen atoms in total. The highest BCUT2D eigenvalue weighted by Gasteiger charge is 2.00. The lowest BCUT2D eigenvalue weighted by Gasteiger charge is -2.08. The van der Waals surface area contributed by atoms with E-state index in [0.29, 0.717) is 19.6 Å². The third kappa shape index (κ3) is 5.34. The predicted molar refractivity (Wildman–Crippen MR) is 69.9 cm³/mol. The molecule has 0 bridgehead atoms. The smallest absolute Gasteiger partial charge is 0.315 e. The molecule has 0 spiro atoms. The molecule has 18 heavy (non-hydrogen) atoms. The lowest BCUT2D eigenvalue weighted by atomic mass is 10.1. The van der Waals surface area contributed by atoms with Crippen molar-refractivity contribution in [2.24, 2.45) is 0 Å². The van der Waals surface area contributed by atoms with Crippen molar-refractivity contribution in [1.29, 1.82) is 0 Å². The van der Waals surface area contributed by atoms with Crippen LogP contribution in [0.5, 0.6) is 0 Å². The average Bonchev–Trinajstić information content (AvgIpc) is 2.35. The molecule has 1 aromatic carbocycles. The number of benzene rings is 1. The Morgan fingerprint density at radius 2 is 1.67 bits per heavy atom. The van der Waals surface area contributed by atoms with E-state index in [9.17, 15) is 9.59 Å². The van der Waals surface area contributed by atoms with E-state index in [2.05, 4.69) is 16.0 Å². The van der Waals surface area contributed by atoms with Crippen LogP contribution >= 0.6 is 0 Å². The van der Waals surface area contributed by atoms with Crippen LogP contribution in [0.15, 0.2) is 24.3 Å². The number of hydrogen-bond donors (Lipinski definition) is 3. The second kappa shape index (κ2) is 7.32. The van der Waals surface area contributed by atoms with Gasteiger partial charge in [0.25, 0.3) is 0 Å². The summed E-state index contributed by atoms with van der Waals surface area (Å²) < 4.78 is 0. The molecule has 0 aromatic heterocycles. The summed E-state index contributed by atoms with van der Waals surface area (Å²) in [6.07, 6.45) is 0. The third-order valence-electron chi connectivity index (χ3n) is 2.32. The SMILES string of the molecule is CCNC(=O)NCc1cccc(CNC(C)=O)c1. The summed E-state index contributed by atoms with van der Waals surface area (Å²) in [5, 5.41) is 8.15. The first-order valence-electron chi connectivity index (χ1n) is 5.95. The van der Waals surface area contributed by atoms with E-state index >= 15 is 0 Å². The first-order chi connectivity index (χ1) is 8.61. The Labute approximate surface area is 107 Å². The summed E-state index contributed by atoms with van der Waals surface area (Å²) in [5.41, 5.74) is 2.02. The van der Waals surface area contributed by atoms with Crippen LogP contribution in [0, 0.1) is 0 Å². The summed E-state index contributed by atoms with van der Waals surface area (Å²) in [5.74, 6) is -0.0548. The number of nitrogens with one attached hydrogen (secondary N) is 3. The van der Waals surface area contributed by atoms with Crippen LogP contribution in [0.4, 0.5) is 4.79 Å². The number of urea groups is 1. The first-order valence-corrected chi connectivity index (χ1v) is 5.95. The van der Waals surface area contributed by atoms with Crippen LogP contribution in [0.25, 0.3) is 0 Å². The van der Waals surface area contributed by atoms with Crippen LogP contribution < -0.4 is 16.0 Å². The van der Waals surface area contributed by atoms with Crippen molar-refractivity contribution >= 4 is 11.9 Å². The minimum absolute atomic E-state index is 0.0548. The van der Waals surface area contributed by atoms with Gasteiger partial charge < -0.3 is 16.0 Å². The summed E-state index contributed by atoms with van der Waals surface area (Å²) in [6, 6.07) is 7.56. The standard InChI is InChI=1S/C13H19N3O2/c1-3-14-13(18)16-9-12-6-4-5-11(7-12)8-15-10(2)17/h4-7H,3,8-9H2,1-2H3,(H,15,17)(H2,14,16,18). The van der Waals surface area contributed by atoms with Gasteiger partial charge in [-0.05, 0) is 18.1 Å². The maximum absolute atomic E-state index is 11.2. The molecular weight excluding hydrogens is 230 g/mol. The van der Waals surface area contributed by atoms with E-state index in [-0.39, 0.29) is 11.9 Å². The molecule has 3 N–H and O–H groups in total. The maximum Gasteiger partial charge on any atom is 0.315 e. The fraction of sp³-hybridized carbons (Fsp3) is 0.385. The lowest BCUT2D eigenvalue weighted by Crippen LogP contribution is -2.34. The molecule has 0 radical (unpaired) electrons. The van der Waals surface area contributed by atoms with Gasteiger partial charge in [-0.3, -0.25) is 4.79 Å². The van der Waals surface area contributed by atoms with Gasteiger partial charge in [0.2, 0.25) is 5.91 Å². The predicted octanol–water partition coefficient (Wildman–Crippen LogP) is 1.14. The molecule has 0 unspecified atom stereocenters. The number of amides is 3. The topological polar surface area (TPSA) is 70.2 Å². The van der Waals surface area contributed by atoms with Crippen LogP contribution in [0.2, 0.25) is 0 Å². The average molecular weight is 249 g/mol. The van der Waals surface area contributed by atoms with Gasteiger partial charge in [0.15, 0.2) is 0 Å². The van der Waals surface area contributed by atoms with E-state index < -0.39 is 0 Å². The van der Waals surface area contributed by atoms with Crippen LogP contribution in [-0.4, -0.2) is 18.5 Å². The molecule has 1 aromatic rings. The Hall–Kier alpha value is -2.04. The third-order valence-corrected chi connectivity index (χ3v) is 2.32. The monoisotopic (exact) mass is 249 g/mol. The van der Waals surface area contributed by atoms with Crippen molar-refractivity contribution in [3.05, 3.63) is 35.4 Å². The van der Waals surface area contributed by atoms with Crippen LogP contribution in [0.1, 0.15) is 25.0 Å². The zero-order chi connectivity index (χ0) is 13.4. The van der Waals surface area contributed by atoms with E-state index in [1.54, 1.807) is 0 Å². The van der Waals surface area contributed by atoms with Crippen molar-refractivity contribution in [2.45, 2.75) is 26.9 Å². The molecule has 98 valence electrons. The lowest BCUT2D eigenvalue weighted by molar-refractivity contribution is -0.119. The molecule has 1 rings (SSSR count). The maximum atomic E-state index is 11.2. The van der Waals surface area contributed by atoms with Gasteiger partial charge in [-0.1, -0.05) is 24.3 Å². The largest absolute Gasteiger partial charge is 0.352 e. The molecule has 5 heteroatoms. The number of hydrogen-bond acceptors (Lipinski definition) is 2. The second-order valence-electron chi connectivity index (χ2n) is 3.94. The molecular formula is C13H19N3O2. The zero-order valence-electron chi connectivity index (χ0n) is 10.7. The number of carbonyl (C=O) groups is 2. The molecule has 3 amide bonds. The summed E-state index contributed by atoms with van der Waals surface area (Å²) >= 11 is 0. The van der Waals surface area contributed by atoms with Crippen molar-refractivity contribution in [3.63, 3.8) is 0 Å². The van der Waals surface area contributed by atoms with E-state index in [1.165, 1.54) is 6.92 Å². The van der Waals surface area contributed by atoms with Crippen LogP contribution in [0.3, 0.4) is 0 Å². The van der Waals surface area contributed by atoms with Crippen molar-refractivity contribution in [2.75, 3.05) is 6.54 Å². The first kappa shape index (κ1) is 14.0. The fourth-order valence-electron chi connectivity index (χ4n) is 1.48. The number of carbonyl (C=O) groups excluding carboxylic acids is 2. The van der Waals surface area contributed by atoms with Gasteiger partial charge in [-0.25, -0.2) is 4.79 Å². The Kier molecular flexibility index (Phi) is 5.70. The molecule has 0 atom stereocenters. The highest BCUT2D eigenvalue weighted by Crippen LogP contribution is 2.04. The number of rotatable bonds is 5. The molecule has 0 fully saturated rings. The van der Waals surface area contributed by atoms with Gasteiger partial charge in [-0.2, -0.15) is 0 Å². The zero-order valence-corrected chi connectivity index (χ0v) is 10.7. The highest BCUT2D eigenvalue weighted by atomic mass is 16.2. The van der Waals surface area contributed by atoms with Gasteiger partial charge in [0.05, 0.1) is 0 Å². The molecule has 0 saturated heterocycles. The quantitative estimate of drug-likeness (QED) is 0.732. The Morgan fingerprint density at radius 1 is 1.06 bits per heavy atom. The minimum Gasteiger partial charge on any atom is -0.352 e. The summed E-state index contributed by atoms with van der Waals surface area (Å²) in [6.45, 7) is 4.94. The van der Waals surface area contributed by atoms with Gasteiger partial charge in [0, 0.05) is 26.6 Å². The van der Waals surface area contributed by atoms with E-state index in [0.717, 1.165) is 11.1 Å². The van der Waals surface area contributed by atoms with Gasteiger partial charge in [-0.15, -0.1) is 0 Å². The molecule has 0 aliphatic heterocycles.